The van der Waals surface area contributed by atoms with Crippen molar-refractivity contribution in [2.24, 2.45) is 0 Å². The molecule has 4 rings (SSSR count). The Labute approximate surface area is 179 Å². The first-order valence-corrected chi connectivity index (χ1v) is 9.83. The zero-order valence-electron chi connectivity index (χ0n) is 16.8. The summed E-state index contributed by atoms with van der Waals surface area (Å²) in [6.45, 7) is -0.858. The molecule has 0 aliphatic carbocycles. The van der Waals surface area contributed by atoms with Crippen LogP contribution in [0, 0.1) is 0 Å². The zero-order valence-corrected chi connectivity index (χ0v) is 16.8. The molecule has 0 unspecified atom stereocenters. The topological polar surface area (TPSA) is 113 Å². The maximum absolute atomic E-state index is 12.9. The van der Waals surface area contributed by atoms with Gasteiger partial charge in [-0.3, -0.25) is 14.2 Å². The highest BCUT2D eigenvalue weighted by molar-refractivity contribution is 5.82. The summed E-state index contributed by atoms with van der Waals surface area (Å²) in [5.74, 6) is -1.93. The Hall–Kier alpha value is -3.25. The van der Waals surface area contributed by atoms with E-state index in [9.17, 15) is 33.0 Å². The van der Waals surface area contributed by atoms with E-state index in [1.165, 1.54) is 21.8 Å². The van der Waals surface area contributed by atoms with E-state index in [0.29, 0.717) is 21.8 Å². The van der Waals surface area contributed by atoms with Crippen LogP contribution in [-0.2, 0) is 17.9 Å². The number of halogens is 3. The monoisotopic (exact) mass is 451 g/mol. The fourth-order valence-corrected chi connectivity index (χ4v) is 3.82. The number of carbonyl (C=O) groups is 1. The third-order valence-electron chi connectivity index (χ3n) is 5.58. The molecule has 3 aromatic rings. The molecule has 1 aliphatic heterocycles. The Morgan fingerprint density at radius 3 is 2.59 bits per heavy atom. The molecule has 2 aromatic heterocycles. The molecule has 1 saturated heterocycles. The smallest absolute Gasteiger partial charge is 0.392 e. The highest BCUT2D eigenvalue weighted by Crippen LogP contribution is 2.27. The number of aliphatic hydroxyl groups excluding tert-OH is 1. The minimum absolute atomic E-state index is 0.105. The molecule has 2 N–H and O–H groups in total. The fourth-order valence-electron chi connectivity index (χ4n) is 3.82. The molecule has 1 amide bonds. The third-order valence-corrected chi connectivity index (χ3v) is 5.58. The third kappa shape index (κ3) is 4.10. The number of piperidine rings is 1. The molecule has 0 atom stereocenters. The number of likely N-dealkylation sites (tertiary alicyclic amines) is 1. The van der Waals surface area contributed by atoms with E-state index >= 15 is 0 Å². The van der Waals surface area contributed by atoms with Crippen LogP contribution in [0.25, 0.3) is 16.7 Å². The summed E-state index contributed by atoms with van der Waals surface area (Å²) < 4.78 is 40.5. The van der Waals surface area contributed by atoms with Crippen LogP contribution in [-0.4, -0.2) is 65.2 Å². The highest BCUT2D eigenvalue weighted by Gasteiger charge is 2.45. The standard InChI is InChI=1S/C20H20F3N5O4/c21-20(22,23)18(31)26-6-4-19(32,5-7-26)11-27-12-24-16-15(17(27)30)9-25-28(16)14-3-1-2-13(8-14)10-29/h1-3,8-9,12,29,32H,4-7,10-11H2. The van der Waals surface area contributed by atoms with Crippen LogP contribution in [0.4, 0.5) is 13.2 Å². The Morgan fingerprint density at radius 2 is 1.94 bits per heavy atom. The largest absolute Gasteiger partial charge is 0.471 e. The summed E-state index contributed by atoms with van der Waals surface area (Å²) in [5.41, 5.74) is -0.346. The first-order chi connectivity index (χ1) is 15.1. The van der Waals surface area contributed by atoms with Gasteiger partial charge in [0.05, 0.1) is 30.6 Å². The molecular weight excluding hydrogens is 431 g/mol. The summed E-state index contributed by atoms with van der Waals surface area (Å²) in [6, 6.07) is 6.93. The van der Waals surface area contributed by atoms with Crippen molar-refractivity contribution in [2.45, 2.75) is 37.8 Å². The summed E-state index contributed by atoms with van der Waals surface area (Å²) in [4.78, 5) is 29.2. The number of hydrogen-bond acceptors (Lipinski definition) is 6. The van der Waals surface area contributed by atoms with Gasteiger partial charge in [0.15, 0.2) is 5.65 Å². The van der Waals surface area contributed by atoms with E-state index in [-0.39, 0.29) is 44.5 Å². The van der Waals surface area contributed by atoms with Gasteiger partial charge in [-0.15, -0.1) is 0 Å². The van der Waals surface area contributed by atoms with Gasteiger partial charge < -0.3 is 15.1 Å². The van der Waals surface area contributed by atoms with Gasteiger partial charge in [-0.25, -0.2) is 9.67 Å². The molecule has 32 heavy (non-hydrogen) atoms. The second-order valence-corrected chi connectivity index (χ2v) is 7.81. The number of hydrogen-bond donors (Lipinski definition) is 2. The van der Waals surface area contributed by atoms with Crippen molar-refractivity contribution in [3.05, 3.63) is 52.7 Å². The quantitative estimate of drug-likeness (QED) is 0.612. The molecule has 170 valence electrons. The van der Waals surface area contributed by atoms with Crippen LogP contribution in [0.5, 0.6) is 0 Å². The average Bonchev–Trinajstić information content (AvgIpc) is 3.20. The van der Waals surface area contributed by atoms with Gasteiger partial charge in [0.2, 0.25) is 0 Å². The van der Waals surface area contributed by atoms with Gasteiger partial charge in [-0.05, 0) is 30.5 Å². The first-order valence-electron chi connectivity index (χ1n) is 9.83. The highest BCUT2D eigenvalue weighted by atomic mass is 19.4. The van der Waals surface area contributed by atoms with Crippen molar-refractivity contribution in [1.82, 2.24) is 24.2 Å². The van der Waals surface area contributed by atoms with Gasteiger partial charge in [-0.2, -0.15) is 18.3 Å². The van der Waals surface area contributed by atoms with Crippen molar-refractivity contribution >= 4 is 16.9 Å². The minimum Gasteiger partial charge on any atom is -0.392 e. The van der Waals surface area contributed by atoms with Crippen molar-refractivity contribution < 1.29 is 28.2 Å². The lowest BCUT2D eigenvalue weighted by molar-refractivity contribution is -0.188. The molecule has 0 saturated carbocycles. The maximum atomic E-state index is 12.9. The van der Waals surface area contributed by atoms with E-state index in [4.69, 9.17) is 0 Å². The molecule has 12 heteroatoms. The van der Waals surface area contributed by atoms with Crippen LogP contribution in [0.15, 0.2) is 41.6 Å². The number of rotatable bonds is 4. The lowest BCUT2D eigenvalue weighted by atomic mass is 9.91. The minimum atomic E-state index is -4.96. The van der Waals surface area contributed by atoms with Crippen LogP contribution in [0.1, 0.15) is 18.4 Å². The number of nitrogens with zero attached hydrogens (tertiary/aromatic N) is 5. The summed E-state index contributed by atoms with van der Waals surface area (Å²) in [7, 11) is 0. The van der Waals surface area contributed by atoms with Crippen LogP contribution >= 0.6 is 0 Å². The van der Waals surface area contributed by atoms with Gasteiger partial charge >= 0.3 is 12.1 Å². The molecule has 1 aromatic carbocycles. The number of alkyl halides is 3. The van der Waals surface area contributed by atoms with Crippen LogP contribution in [0.3, 0.4) is 0 Å². The van der Waals surface area contributed by atoms with Gasteiger partial charge in [0.25, 0.3) is 5.56 Å². The van der Waals surface area contributed by atoms with Crippen LogP contribution < -0.4 is 5.56 Å². The fraction of sp³-hybridized carbons (Fsp3) is 0.400. The number of aromatic nitrogens is 4. The van der Waals surface area contributed by atoms with Gasteiger partial charge in [0.1, 0.15) is 11.7 Å². The Balaban J connectivity index is 1.55. The lowest BCUT2D eigenvalue weighted by Crippen LogP contribution is -2.52. The van der Waals surface area contributed by atoms with Crippen LogP contribution in [0.2, 0.25) is 0 Å². The number of amides is 1. The molecule has 1 aliphatic rings. The van der Waals surface area contributed by atoms with E-state index in [1.807, 2.05) is 0 Å². The predicted octanol–water partition coefficient (Wildman–Crippen LogP) is 0.990. The van der Waals surface area contributed by atoms with Crippen molar-refractivity contribution in [1.29, 1.82) is 0 Å². The Morgan fingerprint density at radius 1 is 1.22 bits per heavy atom. The number of aliphatic hydroxyl groups is 2. The lowest BCUT2D eigenvalue weighted by Gasteiger charge is -2.38. The van der Waals surface area contributed by atoms with Crippen molar-refractivity contribution in [3.8, 4) is 5.69 Å². The molecule has 0 radical (unpaired) electrons. The predicted molar refractivity (Wildman–Crippen MR) is 106 cm³/mol. The summed E-state index contributed by atoms with van der Waals surface area (Å²) in [5, 5.41) is 24.5. The molecule has 0 spiro atoms. The zero-order chi connectivity index (χ0) is 23.1. The van der Waals surface area contributed by atoms with E-state index < -0.39 is 23.2 Å². The molecule has 1 fully saturated rings. The summed E-state index contributed by atoms with van der Waals surface area (Å²) >= 11 is 0. The molecule has 0 bridgehead atoms. The second-order valence-electron chi connectivity index (χ2n) is 7.81. The van der Waals surface area contributed by atoms with Gasteiger partial charge in [0, 0.05) is 13.1 Å². The average molecular weight is 451 g/mol. The van der Waals surface area contributed by atoms with Gasteiger partial charge in [-0.1, -0.05) is 12.1 Å². The molecular formula is C20H20F3N5O4. The molecule has 3 heterocycles. The molecule has 9 nitrogen and oxygen atoms in total. The first kappa shape index (κ1) is 22.0. The SMILES string of the molecule is O=C(N1CCC(O)(Cn2cnc3c(cnn3-c3cccc(CO)c3)c2=O)CC1)C(F)(F)F. The Kier molecular flexibility index (Phi) is 5.51. The van der Waals surface area contributed by atoms with E-state index in [0.717, 1.165) is 0 Å². The number of carbonyl (C=O) groups excluding carboxylic acids is 1. The second kappa shape index (κ2) is 8.02. The summed E-state index contributed by atoms with van der Waals surface area (Å²) in [6.07, 6.45) is -2.57. The van der Waals surface area contributed by atoms with Crippen molar-refractivity contribution in [2.75, 3.05) is 13.1 Å². The normalized spacial score (nSPS) is 16.5. The van der Waals surface area contributed by atoms with E-state index in [1.54, 1.807) is 24.3 Å². The maximum Gasteiger partial charge on any atom is 0.471 e. The number of fused-ring (bicyclic) bond motifs is 1. The van der Waals surface area contributed by atoms with Crippen molar-refractivity contribution in [3.63, 3.8) is 0 Å². The number of benzene rings is 1. The Bertz CT molecular complexity index is 1210. The van der Waals surface area contributed by atoms with E-state index in [2.05, 4.69) is 10.1 Å².